The molecule has 5 nitrogen and oxygen atoms in total. The second kappa shape index (κ2) is 24.0. The Hall–Kier alpha value is -12.6. The lowest BCUT2D eigenvalue weighted by atomic mass is 9.33. The van der Waals surface area contributed by atoms with Crippen molar-refractivity contribution in [2.45, 2.75) is 44.2 Å². The minimum Gasteiger partial charge on any atom is -0.456 e. The van der Waals surface area contributed by atoms with Crippen molar-refractivity contribution in [3.63, 3.8) is 0 Å². The van der Waals surface area contributed by atoms with E-state index in [1.165, 1.54) is 76.7 Å². The molecule has 4 fully saturated rings. The Morgan fingerprint density at radius 2 is 0.571 bits per heavy atom. The van der Waals surface area contributed by atoms with Crippen molar-refractivity contribution in [2.75, 3.05) is 14.7 Å². The van der Waals surface area contributed by atoms with Gasteiger partial charge in [0.25, 0.3) is 6.71 Å². The Bertz CT molecular complexity index is 5800. The van der Waals surface area contributed by atoms with Crippen LogP contribution in [0, 0.1) is 11.8 Å². The first-order valence-corrected chi connectivity index (χ1v) is 37.4. The molecule has 0 amide bonds. The summed E-state index contributed by atoms with van der Waals surface area (Å²) in [5, 5.41) is 4.47. The number of benzene rings is 15. The van der Waals surface area contributed by atoms with Gasteiger partial charge >= 0.3 is 0 Å². The maximum absolute atomic E-state index is 6.75. The van der Waals surface area contributed by atoms with Crippen LogP contribution in [0.25, 0.3) is 133 Å². The molecule has 17 aromatic rings. The Balaban J connectivity index is 0.896. The quantitative estimate of drug-likeness (QED) is 0.121. The fourth-order valence-electron chi connectivity index (χ4n) is 19.4. The molecule has 0 atom stereocenters. The second-order valence-electron chi connectivity index (χ2n) is 29.8. The third-order valence-corrected chi connectivity index (χ3v) is 23.9. The van der Waals surface area contributed by atoms with Crippen LogP contribution in [0.5, 0.6) is 0 Å². The molecule has 6 heteroatoms. The number of nitrogens with zero attached hydrogens (tertiary/aromatic N) is 3. The second-order valence-corrected chi connectivity index (χ2v) is 29.8. The molecule has 0 N–H and O–H groups in total. The summed E-state index contributed by atoms with van der Waals surface area (Å²) in [6, 6.07) is 128. The van der Waals surface area contributed by atoms with Gasteiger partial charge in [-0.1, -0.05) is 255 Å². The molecule has 6 heterocycles. The van der Waals surface area contributed by atoms with Gasteiger partial charge in [0.15, 0.2) is 0 Å². The summed E-state index contributed by atoms with van der Waals surface area (Å²) >= 11 is 0. The highest BCUT2D eigenvalue weighted by Crippen LogP contribution is 2.58. The van der Waals surface area contributed by atoms with Crippen molar-refractivity contribution in [3.05, 3.63) is 340 Å². The molecule has 2 aliphatic carbocycles. The van der Waals surface area contributed by atoms with Gasteiger partial charge in [-0.15, -0.1) is 0 Å². The smallest absolute Gasteiger partial charge is 0.252 e. The summed E-state index contributed by atoms with van der Waals surface area (Å²) in [6.07, 6.45) is 6.22. The number of anilines is 7. The first-order valence-electron chi connectivity index (χ1n) is 37.4. The van der Waals surface area contributed by atoms with Gasteiger partial charge in [-0.3, -0.25) is 0 Å². The molecule has 0 radical (unpaired) electrons. The van der Waals surface area contributed by atoms with Crippen molar-refractivity contribution < 1.29 is 8.83 Å². The molecule has 2 saturated heterocycles. The van der Waals surface area contributed by atoms with Gasteiger partial charge in [0.05, 0.1) is 11.4 Å². The Morgan fingerprint density at radius 1 is 0.248 bits per heavy atom. The van der Waals surface area contributed by atoms with E-state index in [1.807, 2.05) is 0 Å². The average Bonchev–Trinajstić information content (AvgIpc) is 0.987. The molecule has 105 heavy (non-hydrogen) atoms. The van der Waals surface area contributed by atoms with Gasteiger partial charge in [-0.2, -0.15) is 0 Å². The molecule has 23 rings (SSSR count). The van der Waals surface area contributed by atoms with E-state index in [0.717, 1.165) is 156 Å². The maximum Gasteiger partial charge on any atom is 0.252 e. The number of hydrogen-bond donors (Lipinski definition) is 0. The Kier molecular flexibility index (Phi) is 13.7. The number of rotatable bonds is 11. The van der Waals surface area contributed by atoms with Gasteiger partial charge in [0, 0.05) is 84.3 Å². The van der Waals surface area contributed by atoms with Crippen LogP contribution >= 0.6 is 0 Å². The third kappa shape index (κ3) is 9.76. The SMILES string of the molecule is c1ccc(-c2cc(-c3ccccc3)c(N3c4cc(-c5ccc6c(c5)oc5ccccc56)ccc4B4c5ccc(-c6ccc7c(c6)oc6ccccc67)cc5N(c5c(-c6ccccc6)cc(-c6ccccc6)cc5-c5ccccc5)c5cc(N6C7CC8CC(C7)CC6C8)cc3c54)c(-c3ccccc3)c2)cc1. The molecule has 6 aliphatic rings. The molecule has 2 saturated carbocycles. The zero-order valence-electron chi connectivity index (χ0n) is 57.9. The minimum absolute atomic E-state index is 0.234. The first kappa shape index (κ1) is 60.0. The zero-order valence-corrected chi connectivity index (χ0v) is 57.9. The standard InChI is InChI=1S/C99H70BN3O2/c1-7-23-64(24-8-1)74-52-83(66-27-11-3-12-28-66)98(84(53-74)67-29-13-4-14-30-67)102-89-56-70(72-39-43-81-79-35-19-21-37-93(79)104-95(81)58-72)41-45-87(89)100-88-46-42-71(73-40-44-82-80-36-20-22-38-94(80)105-96(82)59-73)57-90(88)103(92-61-78(60-91(102)97(92)100)101-76-48-62-47-63(50-76)51-77(101)49-62)99-85(68-31-15-5-16-32-68)54-75(65-25-9-2-10-26-65)55-86(99)69-33-17-6-18-34-69/h1-46,52-63,76-77H,47-51H2. The van der Waals surface area contributed by atoms with E-state index < -0.39 is 0 Å². The summed E-state index contributed by atoms with van der Waals surface area (Å²) in [7, 11) is 0. The van der Waals surface area contributed by atoms with Crippen LogP contribution in [-0.2, 0) is 0 Å². The summed E-state index contributed by atoms with van der Waals surface area (Å²) in [5.74, 6) is 1.50. The van der Waals surface area contributed by atoms with Crippen LogP contribution in [0.15, 0.2) is 349 Å². The van der Waals surface area contributed by atoms with Gasteiger partial charge < -0.3 is 23.5 Å². The van der Waals surface area contributed by atoms with E-state index in [2.05, 4.69) is 354 Å². The molecule has 4 aliphatic heterocycles. The fourth-order valence-corrected chi connectivity index (χ4v) is 19.4. The summed E-state index contributed by atoms with van der Waals surface area (Å²) in [6.45, 7) is -0.234. The van der Waals surface area contributed by atoms with Crippen molar-refractivity contribution >= 4 is 107 Å². The van der Waals surface area contributed by atoms with E-state index in [-0.39, 0.29) is 6.71 Å². The van der Waals surface area contributed by atoms with Crippen LogP contribution in [-0.4, -0.2) is 18.8 Å². The molecular formula is C99H70BN3O2. The number of furan rings is 2. The highest BCUT2D eigenvalue weighted by Gasteiger charge is 2.50. The summed E-state index contributed by atoms with van der Waals surface area (Å²) < 4.78 is 13.5. The number of fused-ring (bicyclic) bond motifs is 10. The molecule has 0 unspecified atom stereocenters. The lowest BCUT2D eigenvalue weighted by molar-refractivity contribution is 0.0900. The highest BCUT2D eigenvalue weighted by atomic mass is 16.3. The summed E-state index contributed by atoms with van der Waals surface area (Å²) in [5.41, 5.74) is 33.7. The zero-order chi connectivity index (χ0) is 68.8. The average molecular weight is 1340 g/mol. The minimum atomic E-state index is -0.234. The maximum atomic E-state index is 6.75. The first-order chi connectivity index (χ1) is 52.0. The largest absolute Gasteiger partial charge is 0.456 e. The van der Waals surface area contributed by atoms with Crippen molar-refractivity contribution in [1.82, 2.24) is 0 Å². The number of hydrogen-bond acceptors (Lipinski definition) is 5. The molecule has 15 aromatic carbocycles. The lowest BCUT2D eigenvalue weighted by Gasteiger charge is -2.58. The predicted octanol–water partition coefficient (Wildman–Crippen LogP) is 24.7. The van der Waals surface area contributed by atoms with Crippen LogP contribution in [0.3, 0.4) is 0 Å². The predicted molar refractivity (Wildman–Crippen MR) is 439 cm³/mol. The molecule has 496 valence electrons. The topological polar surface area (TPSA) is 36.0 Å². The van der Waals surface area contributed by atoms with Crippen LogP contribution in [0.4, 0.5) is 39.8 Å². The van der Waals surface area contributed by atoms with Crippen molar-refractivity contribution in [2.24, 2.45) is 11.8 Å². The molecule has 2 aromatic heterocycles. The molecule has 0 spiro atoms. The van der Waals surface area contributed by atoms with E-state index in [9.17, 15) is 0 Å². The van der Waals surface area contributed by atoms with E-state index in [1.54, 1.807) is 0 Å². The lowest BCUT2D eigenvalue weighted by Crippen LogP contribution is -2.62. The normalized spacial score (nSPS) is 16.9. The molecule has 4 bridgehead atoms. The van der Waals surface area contributed by atoms with Crippen molar-refractivity contribution in [3.8, 4) is 89.0 Å². The molecular weight excluding hydrogens is 1270 g/mol. The monoisotopic (exact) mass is 1340 g/mol. The fraction of sp³-hybridized carbons (Fsp3) is 0.0909. The van der Waals surface area contributed by atoms with Gasteiger partial charge in [-0.05, 0) is 212 Å². The van der Waals surface area contributed by atoms with E-state index in [4.69, 9.17) is 8.83 Å². The number of piperidine rings is 2. The van der Waals surface area contributed by atoms with E-state index >= 15 is 0 Å². The van der Waals surface area contributed by atoms with Crippen LogP contribution in [0.2, 0.25) is 0 Å². The van der Waals surface area contributed by atoms with Crippen LogP contribution < -0.4 is 31.1 Å². The van der Waals surface area contributed by atoms with Gasteiger partial charge in [0.2, 0.25) is 0 Å². The van der Waals surface area contributed by atoms with Crippen LogP contribution in [0.1, 0.15) is 32.1 Å². The Labute approximate surface area is 611 Å². The highest BCUT2D eigenvalue weighted by molar-refractivity contribution is 7.00. The van der Waals surface area contributed by atoms with Crippen molar-refractivity contribution in [1.29, 1.82) is 0 Å². The van der Waals surface area contributed by atoms with Gasteiger partial charge in [0.1, 0.15) is 22.3 Å². The number of para-hydroxylation sites is 2. The van der Waals surface area contributed by atoms with Gasteiger partial charge in [-0.25, -0.2) is 0 Å². The Morgan fingerprint density at radius 3 is 0.952 bits per heavy atom. The third-order valence-electron chi connectivity index (χ3n) is 23.9. The van der Waals surface area contributed by atoms with E-state index in [0.29, 0.717) is 12.1 Å². The summed E-state index contributed by atoms with van der Waals surface area (Å²) in [4.78, 5) is 8.45.